The highest BCUT2D eigenvalue weighted by Gasteiger charge is 2.27. The Hall–Kier alpha value is -0.610. The first kappa shape index (κ1) is 20.4. The Balaban J connectivity index is 3.25. The molecule has 1 rings (SSSR count). The van der Waals surface area contributed by atoms with Gasteiger partial charge in [-0.2, -0.15) is 0 Å². The fourth-order valence-corrected chi connectivity index (χ4v) is 4.28. The van der Waals surface area contributed by atoms with Crippen LogP contribution in [0.15, 0.2) is 12.1 Å². The van der Waals surface area contributed by atoms with E-state index in [0.29, 0.717) is 16.6 Å². The maximum Gasteiger partial charge on any atom is 0.220 e. The summed E-state index contributed by atoms with van der Waals surface area (Å²) in [5, 5.41) is 12.0. The van der Waals surface area contributed by atoms with Crippen molar-refractivity contribution in [1.29, 1.82) is 0 Å². The molecule has 1 aromatic carbocycles. The van der Waals surface area contributed by atoms with E-state index in [2.05, 4.69) is 55.4 Å². The number of thioether (sulfide) groups is 2. The van der Waals surface area contributed by atoms with Gasteiger partial charge in [-0.1, -0.05) is 67.2 Å². The van der Waals surface area contributed by atoms with Crippen LogP contribution in [0.1, 0.15) is 76.9 Å². The molecule has 0 fully saturated rings. The van der Waals surface area contributed by atoms with Gasteiger partial charge in [0.05, 0.1) is 0 Å². The van der Waals surface area contributed by atoms with Crippen molar-refractivity contribution in [2.45, 2.75) is 71.5 Å². The van der Waals surface area contributed by atoms with Crippen LogP contribution in [0.4, 0.5) is 0 Å². The minimum atomic E-state index is -0.211. The topological polar surface area (TPSA) is 37.3 Å². The molecule has 0 radical (unpaired) electrons. The minimum absolute atomic E-state index is 0.0779. The zero-order chi connectivity index (χ0) is 18.0. The van der Waals surface area contributed by atoms with Crippen molar-refractivity contribution >= 4 is 28.6 Å². The van der Waals surface area contributed by atoms with Crippen molar-refractivity contribution in [3.8, 4) is 5.75 Å². The number of benzene rings is 1. The van der Waals surface area contributed by atoms with Crippen LogP contribution in [-0.2, 0) is 10.8 Å². The second kappa shape index (κ2) is 7.52. The largest absolute Gasteiger partial charge is 0.507 e. The van der Waals surface area contributed by atoms with Crippen LogP contribution in [0.25, 0.3) is 0 Å². The number of aromatic hydroxyl groups is 1. The lowest BCUT2D eigenvalue weighted by Gasteiger charge is -2.28. The van der Waals surface area contributed by atoms with Gasteiger partial charge in [-0.3, -0.25) is 4.79 Å². The summed E-state index contributed by atoms with van der Waals surface area (Å²) in [6, 6.07) is 3.72. The van der Waals surface area contributed by atoms with E-state index < -0.39 is 0 Å². The molecule has 0 aromatic heterocycles. The number of phenols is 1. The standard InChI is InChI=1S/C19H30O2S2/c1-12(2)22-11-23-17(21)13-9-14(18(3,4)5)16(20)15(10-13)19(6,7)8/h9-10,12,20H,11H2,1-8H3. The van der Waals surface area contributed by atoms with Crippen LogP contribution in [0, 0.1) is 0 Å². The van der Waals surface area contributed by atoms with Gasteiger partial charge in [-0.25, -0.2) is 0 Å². The number of carbonyl (C=O) groups is 1. The normalized spacial score (nSPS) is 12.7. The Morgan fingerprint density at radius 2 is 1.48 bits per heavy atom. The third-order valence-corrected chi connectivity index (χ3v) is 5.73. The van der Waals surface area contributed by atoms with Gasteiger partial charge < -0.3 is 5.11 Å². The molecule has 2 nitrogen and oxygen atoms in total. The second-order valence-corrected chi connectivity index (χ2v) is 11.1. The smallest absolute Gasteiger partial charge is 0.220 e. The SMILES string of the molecule is CC(C)SCSC(=O)c1cc(C(C)(C)C)c(O)c(C(C)(C)C)c1. The Bertz CT molecular complexity index is 529. The zero-order valence-corrected chi connectivity index (χ0v) is 17.2. The second-order valence-electron chi connectivity index (χ2n) is 8.19. The summed E-state index contributed by atoms with van der Waals surface area (Å²) in [5.41, 5.74) is 1.94. The van der Waals surface area contributed by atoms with Crippen molar-refractivity contribution in [1.82, 2.24) is 0 Å². The van der Waals surface area contributed by atoms with Crippen LogP contribution in [0.3, 0.4) is 0 Å². The predicted octanol–water partition coefficient (Wildman–Crippen LogP) is 5.96. The van der Waals surface area contributed by atoms with Crippen LogP contribution in [0.2, 0.25) is 0 Å². The van der Waals surface area contributed by atoms with E-state index in [-0.39, 0.29) is 15.9 Å². The number of hydrogen-bond acceptors (Lipinski definition) is 4. The van der Waals surface area contributed by atoms with Crippen LogP contribution >= 0.6 is 23.5 Å². The molecule has 0 bridgehead atoms. The van der Waals surface area contributed by atoms with Gasteiger partial charge in [-0.05, 0) is 28.2 Å². The summed E-state index contributed by atoms with van der Waals surface area (Å²) in [6.07, 6.45) is 0. The van der Waals surface area contributed by atoms with E-state index in [4.69, 9.17) is 0 Å². The molecule has 130 valence electrons. The average molecular weight is 355 g/mol. The van der Waals surface area contributed by atoms with E-state index in [9.17, 15) is 9.90 Å². The van der Waals surface area contributed by atoms with Crippen molar-refractivity contribution < 1.29 is 9.90 Å². The third-order valence-electron chi connectivity index (χ3n) is 3.55. The van der Waals surface area contributed by atoms with E-state index in [0.717, 1.165) is 16.2 Å². The van der Waals surface area contributed by atoms with E-state index in [1.165, 1.54) is 11.8 Å². The molecule has 0 amide bonds. The molecular weight excluding hydrogens is 324 g/mol. The summed E-state index contributed by atoms with van der Waals surface area (Å²) >= 11 is 3.11. The fourth-order valence-electron chi connectivity index (χ4n) is 2.20. The van der Waals surface area contributed by atoms with Gasteiger partial charge in [-0.15, -0.1) is 11.8 Å². The first-order chi connectivity index (χ1) is 10.3. The molecule has 0 unspecified atom stereocenters. The highest BCUT2D eigenvalue weighted by Crippen LogP contribution is 2.40. The maximum absolute atomic E-state index is 12.6. The summed E-state index contributed by atoms with van der Waals surface area (Å²) in [4.78, 5) is 12.6. The van der Waals surface area contributed by atoms with Crippen molar-refractivity contribution in [3.63, 3.8) is 0 Å². The molecular formula is C19H30O2S2. The molecule has 0 aliphatic rings. The van der Waals surface area contributed by atoms with Gasteiger partial charge in [0, 0.05) is 21.8 Å². The fraction of sp³-hybridized carbons (Fsp3) is 0.632. The van der Waals surface area contributed by atoms with Crippen LogP contribution < -0.4 is 0 Å². The minimum Gasteiger partial charge on any atom is -0.507 e. The van der Waals surface area contributed by atoms with E-state index in [1.807, 2.05) is 12.1 Å². The molecule has 0 heterocycles. The van der Waals surface area contributed by atoms with Crippen LogP contribution in [-0.4, -0.2) is 20.6 Å². The third kappa shape index (κ3) is 5.75. The molecule has 1 aromatic rings. The van der Waals surface area contributed by atoms with Gasteiger partial charge in [0.2, 0.25) is 5.12 Å². The monoisotopic (exact) mass is 354 g/mol. The summed E-state index contributed by atoms with van der Waals surface area (Å²) in [7, 11) is 0. The molecule has 0 atom stereocenters. The molecule has 23 heavy (non-hydrogen) atoms. The Morgan fingerprint density at radius 1 is 1.04 bits per heavy atom. The van der Waals surface area contributed by atoms with Crippen molar-refractivity contribution in [2.24, 2.45) is 0 Å². The summed E-state index contributed by atoms with van der Waals surface area (Å²) in [6.45, 7) is 16.6. The quantitative estimate of drug-likeness (QED) is 0.677. The van der Waals surface area contributed by atoms with Crippen LogP contribution in [0.5, 0.6) is 5.75 Å². The van der Waals surface area contributed by atoms with Gasteiger partial charge >= 0.3 is 0 Å². The van der Waals surface area contributed by atoms with Crippen molar-refractivity contribution in [2.75, 3.05) is 5.08 Å². The zero-order valence-electron chi connectivity index (χ0n) is 15.6. The lowest BCUT2D eigenvalue weighted by Crippen LogP contribution is -2.18. The van der Waals surface area contributed by atoms with E-state index >= 15 is 0 Å². The molecule has 0 saturated carbocycles. The lowest BCUT2D eigenvalue weighted by molar-refractivity contribution is 0.108. The molecule has 0 aliphatic carbocycles. The Morgan fingerprint density at radius 3 is 1.83 bits per heavy atom. The summed E-state index contributed by atoms with van der Waals surface area (Å²) in [5.74, 6) is 0.322. The number of phenolic OH excluding ortho intramolecular Hbond substituents is 1. The van der Waals surface area contributed by atoms with Gasteiger partial charge in [0.15, 0.2) is 0 Å². The van der Waals surface area contributed by atoms with Crippen molar-refractivity contribution in [3.05, 3.63) is 28.8 Å². The molecule has 0 spiro atoms. The number of rotatable bonds is 4. The summed E-state index contributed by atoms with van der Waals surface area (Å²) < 4.78 is 0. The predicted molar refractivity (Wildman–Crippen MR) is 105 cm³/mol. The van der Waals surface area contributed by atoms with E-state index in [1.54, 1.807) is 11.8 Å². The average Bonchev–Trinajstić information content (AvgIpc) is 2.35. The van der Waals surface area contributed by atoms with Gasteiger partial charge in [0.25, 0.3) is 0 Å². The first-order valence-electron chi connectivity index (χ1n) is 8.00. The molecule has 0 saturated heterocycles. The maximum atomic E-state index is 12.6. The Kier molecular flexibility index (Phi) is 6.68. The highest BCUT2D eigenvalue weighted by atomic mass is 32.2. The molecule has 0 aliphatic heterocycles. The Labute approximate surface area is 149 Å². The lowest BCUT2D eigenvalue weighted by atomic mass is 9.78. The number of carbonyl (C=O) groups excluding carboxylic acids is 1. The highest BCUT2D eigenvalue weighted by molar-refractivity contribution is 8.24. The molecule has 1 N–H and O–H groups in total. The van der Waals surface area contributed by atoms with Gasteiger partial charge in [0.1, 0.15) is 5.75 Å². The molecule has 4 heteroatoms. The first-order valence-corrected chi connectivity index (χ1v) is 10.0. The number of hydrogen-bond donors (Lipinski definition) is 1.